The lowest BCUT2D eigenvalue weighted by atomic mass is 10.2. The summed E-state index contributed by atoms with van der Waals surface area (Å²) in [6.45, 7) is 7.18. The fourth-order valence-electron chi connectivity index (χ4n) is 1.52. The highest BCUT2D eigenvalue weighted by molar-refractivity contribution is 6.42. The second-order valence-electron chi connectivity index (χ2n) is 4.71. The fourth-order valence-corrected chi connectivity index (χ4v) is 1.87. The summed E-state index contributed by atoms with van der Waals surface area (Å²) in [5.41, 5.74) is 0. The van der Waals surface area contributed by atoms with E-state index in [0.29, 0.717) is 28.3 Å². The Balaban J connectivity index is 2.13. The molecule has 0 aliphatic rings. The summed E-state index contributed by atoms with van der Waals surface area (Å²) in [5, 5.41) is 4.43. The van der Waals surface area contributed by atoms with E-state index in [-0.39, 0.29) is 0 Å². The second-order valence-corrected chi connectivity index (χ2v) is 5.49. The van der Waals surface area contributed by atoms with Crippen LogP contribution in [0.25, 0.3) is 0 Å². The molecule has 0 amide bonds. The Labute approximate surface area is 120 Å². The van der Waals surface area contributed by atoms with Gasteiger partial charge in [0.1, 0.15) is 10.8 Å². The molecule has 1 rings (SSSR count). The maximum Gasteiger partial charge on any atom is 0.139 e. The lowest BCUT2D eigenvalue weighted by Crippen LogP contribution is -2.21. The monoisotopic (exact) mass is 289 g/mol. The first-order valence-electron chi connectivity index (χ1n) is 6.38. The van der Waals surface area contributed by atoms with Gasteiger partial charge in [-0.25, -0.2) is 0 Å². The minimum atomic E-state index is 0.497. The molecule has 1 N–H and O–H groups in total. The van der Waals surface area contributed by atoms with Crippen molar-refractivity contribution in [3.8, 4) is 5.75 Å². The molecule has 2 nitrogen and oxygen atoms in total. The molecule has 0 unspecified atom stereocenters. The highest BCUT2D eigenvalue weighted by Gasteiger charge is 2.04. The average molecular weight is 290 g/mol. The fraction of sp³-hybridized carbons (Fsp3) is 0.571. The normalized spacial score (nSPS) is 10.9. The SMILES string of the molecule is CC(C)CNCCCCOc1cccc(Cl)c1Cl. The lowest BCUT2D eigenvalue weighted by molar-refractivity contribution is 0.305. The van der Waals surface area contributed by atoms with Crippen LogP contribution in [-0.2, 0) is 0 Å². The van der Waals surface area contributed by atoms with E-state index in [1.807, 2.05) is 12.1 Å². The third-order valence-electron chi connectivity index (χ3n) is 2.47. The number of unbranched alkanes of at least 4 members (excludes halogenated alkanes) is 1. The average Bonchev–Trinajstić information content (AvgIpc) is 2.32. The molecule has 0 radical (unpaired) electrons. The third kappa shape index (κ3) is 5.94. The molecule has 18 heavy (non-hydrogen) atoms. The molecular weight excluding hydrogens is 269 g/mol. The first kappa shape index (κ1) is 15.6. The number of ether oxygens (including phenoxy) is 1. The van der Waals surface area contributed by atoms with Crippen LogP contribution < -0.4 is 10.1 Å². The molecule has 0 bridgehead atoms. The van der Waals surface area contributed by atoms with Crippen molar-refractivity contribution < 1.29 is 4.74 Å². The van der Waals surface area contributed by atoms with Crippen LogP contribution in [0.1, 0.15) is 26.7 Å². The van der Waals surface area contributed by atoms with Gasteiger partial charge in [0.05, 0.1) is 11.6 Å². The quantitative estimate of drug-likeness (QED) is 0.717. The third-order valence-corrected chi connectivity index (χ3v) is 3.28. The highest BCUT2D eigenvalue weighted by Crippen LogP contribution is 2.31. The van der Waals surface area contributed by atoms with Crippen LogP contribution in [0, 0.1) is 5.92 Å². The maximum atomic E-state index is 6.02. The van der Waals surface area contributed by atoms with Gasteiger partial charge < -0.3 is 10.1 Å². The molecule has 0 fully saturated rings. The number of benzene rings is 1. The van der Waals surface area contributed by atoms with Crippen LogP contribution in [0.4, 0.5) is 0 Å². The van der Waals surface area contributed by atoms with E-state index in [1.54, 1.807) is 6.07 Å². The van der Waals surface area contributed by atoms with Crippen molar-refractivity contribution in [3.63, 3.8) is 0 Å². The molecule has 102 valence electrons. The molecule has 1 aromatic carbocycles. The van der Waals surface area contributed by atoms with E-state index in [0.717, 1.165) is 25.9 Å². The number of hydrogen-bond donors (Lipinski definition) is 1. The summed E-state index contributed by atoms with van der Waals surface area (Å²) in [5.74, 6) is 1.37. The largest absolute Gasteiger partial charge is 0.492 e. The lowest BCUT2D eigenvalue weighted by Gasteiger charge is -2.09. The molecule has 0 spiro atoms. The molecule has 0 saturated heterocycles. The van der Waals surface area contributed by atoms with Crippen LogP contribution >= 0.6 is 23.2 Å². The molecule has 1 aromatic rings. The number of hydrogen-bond acceptors (Lipinski definition) is 2. The maximum absolute atomic E-state index is 6.02. The number of nitrogens with one attached hydrogen (secondary N) is 1. The van der Waals surface area contributed by atoms with E-state index in [1.165, 1.54) is 0 Å². The summed E-state index contributed by atoms with van der Waals surface area (Å²) < 4.78 is 5.60. The van der Waals surface area contributed by atoms with Crippen molar-refractivity contribution in [2.75, 3.05) is 19.7 Å². The van der Waals surface area contributed by atoms with Crippen LogP contribution in [0.3, 0.4) is 0 Å². The van der Waals surface area contributed by atoms with Crippen LogP contribution in [0.2, 0.25) is 10.0 Å². The Hall–Kier alpha value is -0.440. The number of halogens is 2. The molecule has 4 heteroatoms. The second kappa shape index (κ2) is 8.63. The standard InChI is InChI=1S/C14H21Cl2NO/c1-11(2)10-17-8-3-4-9-18-13-7-5-6-12(15)14(13)16/h5-7,11,17H,3-4,8-10H2,1-2H3. The molecule has 0 heterocycles. The number of rotatable bonds is 8. The van der Waals surface area contributed by atoms with Crippen LogP contribution in [-0.4, -0.2) is 19.7 Å². The summed E-state index contributed by atoms with van der Waals surface area (Å²) in [7, 11) is 0. The van der Waals surface area contributed by atoms with Crippen LogP contribution in [0.15, 0.2) is 18.2 Å². The summed E-state index contributed by atoms with van der Waals surface area (Å²) in [6.07, 6.45) is 2.11. The zero-order chi connectivity index (χ0) is 13.4. The van der Waals surface area contributed by atoms with Gasteiger partial charge in [0, 0.05) is 0 Å². The zero-order valence-corrected chi connectivity index (χ0v) is 12.5. The highest BCUT2D eigenvalue weighted by atomic mass is 35.5. The van der Waals surface area contributed by atoms with E-state index in [2.05, 4.69) is 19.2 Å². The Morgan fingerprint density at radius 2 is 2.00 bits per heavy atom. The topological polar surface area (TPSA) is 21.3 Å². The summed E-state index contributed by atoms with van der Waals surface area (Å²) in [6, 6.07) is 5.44. The van der Waals surface area contributed by atoms with Gasteiger partial charge in [-0.05, 0) is 44.0 Å². The predicted octanol–water partition coefficient (Wildman–Crippen LogP) is 4.40. The summed E-state index contributed by atoms with van der Waals surface area (Å²) in [4.78, 5) is 0. The van der Waals surface area contributed by atoms with Crippen molar-refractivity contribution in [1.29, 1.82) is 0 Å². The molecular formula is C14H21Cl2NO. The van der Waals surface area contributed by atoms with E-state index in [9.17, 15) is 0 Å². The molecule has 0 aromatic heterocycles. The molecule has 0 atom stereocenters. The van der Waals surface area contributed by atoms with Crippen molar-refractivity contribution in [3.05, 3.63) is 28.2 Å². The Morgan fingerprint density at radius 3 is 2.72 bits per heavy atom. The minimum absolute atomic E-state index is 0.497. The summed E-state index contributed by atoms with van der Waals surface area (Å²) >= 11 is 11.9. The molecule has 0 aliphatic heterocycles. The smallest absolute Gasteiger partial charge is 0.139 e. The first-order valence-corrected chi connectivity index (χ1v) is 7.14. The van der Waals surface area contributed by atoms with Gasteiger partial charge in [-0.15, -0.1) is 0 Å². The van der Waals surface area contributed by atoms with Crippen LogP contribution in [0.5, 0.6) is 5.75 Å². The first-order chi connectivity index (χ1) is 8.61. The van der Waals surface area contributed by atoms with Gasteiger partial charge in [-0.3, -0.25) is 0 Å². The zero-order valence-electron chi connectivity index (χ0n) is 11.0. The van der Waals surface area contributed by atoms with Gasteiger partial charge in [0.25, 0.3) is 0 Å². The van der Waals surface area contributed by atoms with Gasteiger partial charge in [0.15, 0.2) is 0 Å². The van der Waals surface area contributed by atoms with Gasteiger partial charge in [-0.2, -0.15) is 0 Å². The Bertz CT molecular complexity index is 356. The van der Waals surface area contributed by atoms with E-state index >= 15 is 0 Å². The van der Waals surface area contributed by atoms with Gasteiger partial charge >= 0.3 is 0 Å². The van der Waals surface area contributed by atoms with Crippen molar-refractivity contribution in [2.45, 2.75) is 26.7 Å². The van der Waals surface area contributed by atoms with Gasteiger partial charge in [-0.1, -0.05) is 43.1 Å². The Kier molecular flexibility index (Phi) is 7.48. The van der Waals surface area contributed by atoms with Crippen molar-refractivity contribution >= 4 is 23.2 Å². The van der Waals surface area contributed by atoms with Crippen molar-refractivity contribution in [1.82, 2.24) is 5.32 Å². The predicted molar refractivity (Wildman–Crippen MR) is 78.9 cm³/mol. The Morgan fingerprint density at radius 1 is 1.22 bits per heavy atom. The molecule has 0 aliphatic carbocycles. The molecule has 0 saturated carbocycles. The minimum Gasteiger partial charge on any atom is -0.492 e. The van der Waals surface area contributed by atoms with E-state index in [4.69, 9.17) is 27.9 Å². The van der Waals surface area contributed by atoms with Gasteiger partial charge in [0.2, 0.25) is 0 Å². The van der Waals surface area contributed by atoms with Crippen molar-refractivity contribution in [2.24, 2.45) is 5.92 Å². The van der Waals surface area contributed by atoms with E-state index < -0.39 is 0 Å².